The molecule has 13 heavy (non-hydrogen) atoms. The van der Waals surface area contributed by atoms with Crippen LogP contribution >= 0.6 is 0 Å². The number of nitrogens with one attached hydrogen (secondary N) is 1. The molecule has 4 heteroatoms. The molecule has 0 aliphatic carbocycles. The van der Waals surface area contributed by atoms with E-state index in [4.69, 9.17) is 4.74 Å². The van der Waals surface area contributed by atoms with Gasteiger partial charge in [0, 0.05) is 7.11 Å². The lowest BCUT2D eigenvalue weighted by molar-refractivity contribution is -0.137. The van der Waals surface area contributed by atoms with Gasteiger partial charge < -0.3 is 15.2 Å². The molecule has 0 aromatic carbocycles. The molecule has 4 nitrogen and oxygen atoms in total. The minimum absolute atomic E-state index is 0.0241. The Morgan fingerprint density at radius 2 is 2.15 bits per heavy atom. The van der Waals surface area contributed by atoms with Crippen LogP contribution in [0.2, 0.25) is 0 Å². The van der Waals surface area contributed by atoms with Crippen LogP contribution in [-0.4, -0.2) is 36.4 Å². The Bertz CT molecular complexity index is 163. The Morgan fingerprint density at radius 3 is 2.46 bits per heavy atom. The summed E-state index contributed by atoms with van der Waals surface area (Å²) < 4.78 is 4.91. The highest BCUT2D eigenvalue weighted by atomic mass is 16.5. The Hall–Kier alpha value is -0.610. The van der Waals surface area contributed by atoms with Crippen LogP contribution in [0, 0.1) is 0 Å². The van der Waals surface area contributed by atoms with Crippen LogP contribution in [0.4, 0.5) is 0 Å². The molecule has 0 radical (unpaired) electrons. The van der Waals surface area contributed by atoms with Crippen molar-refractivity contribution in [1.82, 2.24) is 5.32 Å². The summed E-state index contributed by atoms with van der Waals surface area (Å²) in [4.78, 5) is 11.3. The molecule has 0 fully saturated rings. The molecule has 0 bridgehead atoms. The van der Waals surface area contributed by atoms with Crippen LogP contribution in [-0.2, 0) is 9.53 Å². The molecular formula is C9H19NO3. The molecule has 0 heterocycles. The first kappa shape index (κ1) is 12.4. The van der Waals surface area contributed by atoms with Gasteiger partial charge in [-0.2, -0.15) is 0 Å². The Morgan fingerprint density at radius 1 is 1.62 bits per heavy atom. The van der Waals surface area contributed by atoms with Gasteiger partial charge in [-0.05, 0) is 20.3 Å². The number of aliphatic hydroxyl groups is 1. The SMILES string of the molecule is CCC(COC)NC(=O)C(C)(C)O. The van der Waals surface area contributed by atoms with E-state index in [1.54, 1.807) is 7.11 Å². The van der Waals surface area contributed by atoms with Gasteiger partial charge in [0.25, 0.3) is 5.91 Å². The Kier molecular flexibility index (Phi) is 4.95. The maximum atomic E-state index is 11.3. The van der Waals surface area contributed by atoms with Crippen molar-refractivity contribution in [3.63, 3.8) is 0 Å². The fourth-order valence-electron chi connectivity index (χ4n) is 0.825. The second kappa shape index (κ2) is 5.19. The number of rotatable bonds is 5. The average molecular weight is 189 g/mol. The summed E-state index contributed by atoms with van der Waals surface area (Å²) in [6, 6.07) is -0.0241. The van der Waals surface area contributed by atoms with E-state index in [1.165, 1.54) is 13.8 Å². The van der Waals surface area contributed by atoms with Gasteiger partial charge >= 0.3 is 0 Å². The third-order valence-electron chi connectivity index (χ3n) is 1.75. The highest BCUT2D eigenvalue weighted by Gasteiger charge is 2.25. The second-order valence-electron chi connectivity index (χ2n) is 3.59. The number of ether oxygens (including phenoxy) is 1. The van der Waals surface area contributed by atoms with Crippen molar-refractivity contribution >= 4 is 5.91 Å². The molecule has 0 aliphatic heterocycles. The molecule has 0 aromatic rings. The molecular weight excluding hydrogens is 170 g/mol. The predicted octanol–water partition coefficient (Wildman–Crippen LogP) is 0.298. The number of hydrogen-bond donors (Lipinski definition) is 2. The normalized spacial score (nSPS) is 13.9. The fraction of sp³-hybridized carbons (Fsp3) is 0.889. The topological polar surface area (TPSA) is 58.6 Å². The molecule has 0 rings (SSSR count). The van der Waals surface area contributed by atoms with Crippen molar-refractivity contribution in [3.8, 4) is 0 Å². The Balaban J connectivity index is 4.01. The molecule has 78 valence electrons. The van der Waals surface area contributed by atoms with Crippen LogP contribution in [0.25, 0.3) is 0 Å². The lowest BCUT2D eigenvalue weighted by atomic mass is 10.1. The summed E-state index contributed by atoms with van der Waals surface area (Å²) in [5.41, 5.74) is -1.32. The molecule has 0 aliphatic rings. The van der Waals surface area contributed by atoms with Crippen molar-refractivity contribution in [3.05, 3.63) is 0 Å². The molecule has 0 saturated carbocycles. The Labute approximate surface area is 79.3 Å². The third kappa shape index (κ3) is 4.85. The first-order valence-electron chi connectivity index (χ1n) is 4.44. The zero-order valence-corrected chi connectivity index (χ0v) is 8.76. The van der Waals surface area contributed by atoms with Crippen molar-refractivity contribution in [1.29, 1.82) is 0 Å². The van der Waals surface area contributed by atoms with Crippen molar-refractivity contribution in [2.24, 2.45) is 0 Å². The van der Waals surface area contributed by atoms with Gasteiger partial charge in [0.05, 0.1) is 12.6 Å². The first-order valence-corrected chi connectivity index (χ1v) is 4.44. The maximum Gasteiger partial charge on any atom is 0.251 e. The number of amides is 1. The average Bonchev–Trinajstić information content (AvgIpc) is 2.01. The van der Waals surface area contributed by atoms with Crippen LogP contribution < -0.4 is 5.32 Å². The minimum atomic E-state index is -1.32. The molecule has 0 spiro atoms. The quantitative estimate of drug-likeness (QED) is 0.654. The van der Waals surface area contributed by atoms with Gasteiger partial charge in [0.2, 0.25) is 0 Å². The van der Waals surface area contributed by atoms with E-state index in [-0.39, 0.29) is 11.9 Å². The van der Waals surface area contributed by atoms with E-state index in [0.29, 0.717) is 6.61 Å². The minimum Gasteiger partial charge on any atom is -0.383 e. The lowest BCUT2D eigenvalue weighted by Crippen LogP contribution is -2.47. The van der Waals surface area contributed by atoms with Crippen LogP contribution in [0.1, 0.15) is 27.2 Å². The molecule has 1 amide bonds. The lowest BCUT2D eigenvalue weighted by Gasteiger charge is -2.22. The zero-order chi connectivity index (χ0) is 10.5. The van der Waals surface area contributed by atoms with Gasteiger partial charge in [-0.15, -0.1) is 0 Å². The summed E-state index contributed by atoms with van der Waals surface area (Å²) in [5.74, 6) is -0.364. The van der Waals surface area contributed by atoms with Crippen LogP contribution in [0.5, 0.6) is 0 Å². The van der Waals surface area contributed by atoms with E-state index in [1.807, 2.05) is 6.92 Å². The summed E-state index contributed by atoms with van der Waals surface area (Å²) >= 11 is 0. The fourth-order valence-corrected chi connectivity index (χ4v) is 0.825. The molecule has 0 aromatic heterocycles. The van der Waals surface area contributed by atoms with E-state index in [0.717, 1.165) is 6.42 Å². The van der Waals surface area contributed by atoms with Crippen molar-refractivity contribution in [2.75, 3.05) is 13.7 Å². The summed E-state index contributed by atoms with van der Waals surface area (Å²) in [5, 5.41) is 12.0. The van der Waals surface area contributed by atoms with Gasteiger partial charge in [-0.25, -0.2) is 0 Å². The largest absolute Gasteiger partial charge is 0.383 e. The molecule has 2 N–H and O–H groups in total. The predicted molar refractivity (Wildman–Crippen MR) is 50.4 cm³/mol. The van der Waals surface area contributed by atoms with E-state index < -0.39 is 5.60 Å². The van der Waals surface area contributed by atoms with Crippen molar-refractivity contribution < 1.29 is 14.6 Å². The van der Waals surface area contributed by atoms with Crippen LogP contribution in [0.3, 0.4) is 0 Å². The highest BCUT2D eigenvalue weighted by Crippen LogP contribution is 2.02. The van der Waals surface area contributed by atoms with Crippen LogP contribution in [0.15, 0.2) is 0 Å². The highest BCUT2D eigenvalue weighted by molar-refractivity contribution is 5.84. The van der Waals surface area contributed by atoms with Gasteiger partial charge in [-0.1, -0.05) is 6.92 Å². The standard InChI is InChI=1S/C9H19NO3/c1-5-7(6-13-4)10-8(11)9(2,3)12/h7,12H,5-6H2,1-4H3,(H,10,11). The van der Waals surface area contributed by atoms with E-state index in [9.17, 15) is 9.90 Å². The number of hydrogen-bond acceptors (Lipinski definition) is 3. The molecule has 0 saturated heterocycles. The number of carbonyl (C=O) groups is 1. The number of methoxy groups -OCH3 is 1. The third-order valence-corrected chi connectivity index (χ3v) is 1.75. The maximum absolute atomic E-state index is 11.3. The molecule has 1 unspecified atom stereocenters. The first-order chi connectivity index (χ1) is 5.91. The van der Waals surface area contributed by atoms with E-state index >= 15 is 0 Å². The number of carbonyl (C=O) groups excluding carboxylic acids is 1. The van der Waals surface area contributed by atoms with Gasteiger partial charge in [0.1, 0.15) is 5.60 Å². The molecule has 1 atom stereocenters. The summed E-state index contributed by atoms with van der Waals surface area (Å²) in [6.07, 6.45) is 0.787. The second-order valence-corrected chi connectivity index (χ2v) is 3.59. The van der Waals surface area contributed by atoms with E-state index in [2.05, 4.69) is 5.32 Å². The monoisotopic (exact) mass is 189 g/mol. The van der Waals surface area contributed by atoms with Gasteiger partial charge in [-0.3, -0.25) is 4.79 Å². The summed E-state index contributed by atoms with van der Waals surface area (Å²) in [6.45, 7) is 5.34. The zero-order valence-electron chi connectivity index (χ0n) is 8.76. The van der Waals surface area contributed by atoms with Crippen molar-refractivity contribution in [2.45, 2.75) is 38.8 Å². The smallest absolute Gasteiger partial charge is 0.251 e. The van der Waals surface area contributed by atoms with Gasteiger partial charge in [0.15, 0.2) is 0 Å². The summed E-state index contributed by atoms with van der Waals surface area (Å²) in [7, 11) is 1.58.